The van der Waals surface area contributed by atoms with Crippen molar-refractivity contribution in [1.29, 1.82) is 0 Å². The highest BCUT2D eigenvalue weighted by atomic mass is 14.9. The van der Waals surface area contributed by atoms with Crippen LogP contribution in [0.4, 0.5) is 0 Å². The minimum atomic E-state index is 0.753. The van der Waals surface area contributed by atoms with Crippen LogP contribution in [0.15, 0.2) is 18.5 Å². The van der Waals surface area contributed by atoms with Gasteiger partial charge in [0.05, 0.1) is 0 Å². The minimum absolute atomic E-state index is 0.753. The second-order valence-electron chi connectivity index (χ2n) is 5.47. The largest absolute Gasteiger partial charge is 0.357 e. The molecule has 0 fully saturated rings. The molecule has 0 unspecified atom stereocenters. The van der Waals surface area contributed by atoms with Crippen LogP contribution < -0.4 is 5.32 Å². The van der Waals surface area contributed by atoms with Crippen LogP contribution in [-0.4, -0.2) is 11.1 Å². The summed E-state index contributed by atoms with van der Waals surface area (Å²) >= 11 is 0. The molecule has 1 heterocycles. The number of rotatable bonds is 6. The second-order valence-corrected chi connectivity index (χ2v) is 5.47. The lowest BCUT2D eigenvalue weighted by Crippen LogP contribution is -2.29. The summed E-state index contributed by atoms with van der Waals surface area (Å²) < 4.78 is 2.10. The van der Waals surface area contributed by atoms with E-state index in [2.05, 4.69) is 63.1 Å². The quantitative estimate of drug-likeness (QED) is 0.783. The number of nitrogens with one attached hydrogen (secondary N) is 1. The normalized spacial score (nSPS) is 12.0. The minimum Gasteiger partial charge on any atom is -0.357 e. The van der Waals surface area contributed by atoms with Crippen molar-refractivity contribution in [3.8, 4) is 0 Å². The van der Waals surface area contributed by atoms with E-state index in [0.29, 0.717) is 0 Å². The van der Waals surface area contributed by atoms with Crippen LogP contribution in [0.1, 0.15) is 33.3 Å². The third-order valence-electron chi connectivity index (χ3n) is 3.31. The molecule has 0 bridgehead atoms. The van der Waals surface area contributed by atoms with Crippen molar-refractivity contribution in [2.75, 3.05) is 6.54 Å². The topological polar surface area (TPSA) is 17.0 Å². The summed E-state index contributed by atoms with van der Waals surface area (Å²) in [4.78, 5) is 0. The van der Waals surface area contributed by atoms with Gasteiger partial charge in [0.15, 0.2) is 0 Å². The smallest absolute Gasteiger partial charge is 0.0220 e. The molecule has 2 heteroatoms. The predicted molar refractivity (Wildman–Crippen MR) is 70.3 cm³/mol. The van der Waals surface area contributed by atoms with Gasteiger partial charge in [-0.15, -0.1) is 0 Å². The molecule has 1 N–H and O–H groups in total. The molecule has 0 atom stereocenters. The highest BCUT2D eigenvalue weighted by Gasteiger charge is 2.16. The van der Waals surface area contributed by atoms with E-state index in [1.807, 2.05) is 0 Å². The first-order valence-corrected chi connectivity index (χ1v) is 6.32. The first kappa shape index (κ1) is 13.3. The van der Waals surface area contributed by atoms with Crippen molar-refractivity contribution in [2.24, 2.45) is 24.8 Å². The molecule has 0 spiro atoms. The van der Waals surface area contributed by atoms with Crippen LogP contribution in [0.5, 0.6) is 0 Å². The van der Waals surface area contributed by atoms with Crippen molar-refractivity contribution < 1.29 is 0 Å². The zero-order valence-electron chi connectivity index (χ0n) is 11.3. The Morgan fingerprint density at radius 3 is 2.25 bits per heavy atom. The van der Waals surface area contributed by atoms with Crippen LogP contribution in [0.25, 0.3) is 0 Å². The number of hydrogen-bond acceptors (Lipinski definition) is 1. The zero-order chi connectivity index (χ0) is 12.1. The molecule has 1 aromatic heterocycles. The molecule has 92 valence electrons. The summed E-state index contributed by atoms with van der Waals surface area (Å²) in [5.41, 5.74) is 1.37. The lowest BCUT2D eigenvalue weighted by Gasteiger charge is -2.25. The fourth-order valence-electron chi connectivity index (χ4n) is 2.29. The average Bonchev–Trinajstić information content (AvgIpc) is 2.57. The van der Waals surface area contributed by atoms with Gasteiger partial charge in [-0.2, -0.15) is 0 Å². The molecule has 0 saturated heterocycles. The Balaban J connectivity index is 2.33. The highest BCUT2D eigenvalue weighted by Crippen LogP contribution is 2.19. The van der Waals surface area contributed by atoms with E-state index < -0.39 is 0 Å². The molecular weight excluding hydrogens is 196 g/mol. The summed E-state index contributed by atoms with van der Waals surface area (Å²) in [5, 5.41) is 3.56. The van der Waals surface area contributed by atoms with Gasteiger partial charge in [0, 0.05) is 26.0 Å². The molecule has 0 aliphatic rings. The molecule has 1 aromatic rings. The lowest BCUT2D eigenvalue weighted by molar-refractivity contribution is 0.275. The number of hydrogen-bond donors (Lipinski definition) is 1. The number of nitrogens with zero attached hydrogens (tertiary/aromatic N) is 1. The van der Waals surface area contributed by atoms with Crippen molar-refractivity contribution >= 4 is 0 Å². The average molecular weight is 222 g/mol. The molecule has 0 radical (unpaired) electrons. The van der Waals surface area contributed by atoms with Crippen molar-refractivity contribution in [1.82, 2.24) is 9.88 Å². The SMILES string of the molecule is CC(C)C(CNCc1ccn(C)c1)C(C)C. The number of aryl methyl sites for hydroxylation is 1. The Morgan fingerprint density at radius 2 is 1.81 bits per heavy atom. The van der Waals surface area contributed by atoms with Crippen molar-refractivity contribution in [3.63, 3.8) is 0 Å². The third kappa shape index (κ3) is 4.01. The molecule has 0 amide bonds. The molecular formula is C14H26N2. The maximum absolute atomic E-state index is 3.56. The molecule has 0 aliphatic heterocycles. The predicted octanol–water partition coefficient (Wildman–Crippen LogP) is 3.04. The first-order valence-electron chi connectivity index (χ1n) is 6.32. The lowest BCUT2D eigenvalue weighted by atomic mass is 9.85. The maximum atomic E-state index is 3.56. The van der Waals surface area contributed by atoms with E-state index in [1.54, 1.807) is 0 Å². The van der Waals surface area contributed by atoms with E-state index in [4.69, 9.17) is 0 Å². The molecule has 0 aliphatic carbocycles. The van der Waals surface area contributed by atoms with Gasteiger partial charge in [-0.25, -0.2) is 0 Å². The first-order chi connectivity index (χ1) is 7.50. The van der Waals surface area contributed by atoms with Gasteiger partial charge in [0.25, 0.3) is 0 Å². The van der Waals surface area contributed by atoms with E-state index in [9.17, 15) is 0 Å². The second kappa shape index (κ2) is 6.09. The standard InChI is InChI=1S/C14H26N2/c1-11(2)14(12(3)4)9-15-8-13-6-7-16(5)10-13/h6-7,10-12,14-15H,8-9H2,1-5H3. The summed E-state index contributed by atoms with van der Waals surface area (Å²) in [7, 11) is 2.06. The maximum Gasteiger partial charge on any atom is 0.0220 e. The Kier molecular flexibility index (Phi) is 5.07. The van der Waals surface area contributed by atoms with E-state index in [1.165, 1.54) is 5.56 Å². The van der Waals surface area contributed by atoms with Crippen molar-refractivity contribution in [3.05, 3.63) is 24.0 Å². The van der Waals surface area contributed by atoms with Gasteiger partial charge in [-0.3, -0.25) is 0 Å². The van der Waals surface area contributed by atoms with Crippen LogP contribution >= 0.6 is 0 Å². The Hall–Kier alpha value is -0.760. The van der Waals surface area contributed by atoms with Crippen LogP contribution in [-0.2, 0) is 13.6 Å². The monoisotopic (exact) mass is 222 g/mol. The Morgan fingerprint density at radius 1 is 1.19 bits per heavy atom. The zero-order valence-corrected chi connectivity index (χ0v) is 11.3. The van der Waals surface area contributed by atoms with Crippen LogP contribution in [0.2, 0.25) is 0 Å². The number of aromatic nitrogens is 1. The van der Waals surface area contributed by atoms with Gasteiger partial charge in [0.1, 0.15) is 0 Å². The Labute approximate surface area is 100 Å². The molecule has 2 nitrogen and oxygen atoms in total. The van der Waals surface area contributed by atoms with E-state index >= 15 is 0 Å². The van der Waals surface area contributed by atoms with Gasteiger partial charge in [-0.05, 0) is 35.9 Å². The summed E-state index contributed by atoms with van der Waals surface area (Å²) in [5.74, 6) is 2.27. The van der Waals surface area contributed by atoms with E-state index in [-0.39, 0.29) is 0 Å². The van der Waals surface area contributed by atoms with Crippen LogP contribution in [0.3, 0.4) is 0 Å². The van der Waals surface area contributed by atoms with Crippen molar-refractivity contribution in [2.45, 2.75) is 34.2 Å². The Bertz CT molecular complexity index is 291. The van der Waals surface area contributed by atoms with Gasteiger partial charge in [-0.1, -0.05) is 27.7 Å². The fourth-order valence-corrected chi connectivity index (χ4v) is 2.29. The summed E-state index contributed by atoms with van der Waals surface area (Å²) in [6.07, 6.45) is 4.27. The third-order valence-corrected chi connectivity index (χ3v) is 3.31. The molecule has 1 rings (SSSR count). The summed E-state index contributed by atoms with van der Waals surface area (Å²) in [6.45, 7) is 11.4. The van der Waals surface area contributed by atoms with Gasteiger partial charge >= 0.3 is 0 Å². The van der Waals surface area contributed by atoms with E-state index in [0.717, 1.165) is 30.8 Å². The molecule has 16 heavy (non-hydrogen) atoms. The molecule has 0 aromatic carbocycles. The molecule has 0 saturated carbocycles. The van der Waals surface area contributed by atoms with Crippen LogP contribution in [0, 0.1) is 17.8 Å². The van der Waals surface area contributed by atoms with Gasteiger partial charge in [0.2, 0.25) is 0 Å². The van der Waals surface area contributed by atoms with Gasteiger partial charge < -0.3 is 9.88 Å². The summed E-state index contributed by atoms with van der Waals surface area (Å²) in [6, 6.07) is 2.17. The highest BCUT2D eigenvalue weighted by molar-refractivity contribution is 5.09. The fraction of sp³-hybridized carbons (Fsp3) is 0.714.